The molecule has 1 unspecified atom stereocenters. The summed E-state index contributed by atoms with van der Waals surface area (Å²) in [6, 6.07) is 9.54. The Balaban J connectivity index is 2.00. The van der Waals surface area contributed by atoms with Crippen LogP contribution in [0.4, 0.5) is 5.69 Å². The number of hydrogen-bond donors (Lipinski definition) is 1. The number of nitrogens with zero attached hydrogens (tertiary/aromatic N) is 1. The van der Waals surface area contributed by atoms with Gasteiger partial charge in [-0.25, -0.2) is 0 Å². The van der Waals surface area contributed by atoms with Gasteiger partial charge in [0.05, 0.1) is 0 Å². The quantitative estimate of drug-likeness (QED) is 0.791. The topological polar surface area (TPSA) is 29.3 Å². The molecule has 1 aromatic carbocycles. The van der Waals surface area contributed by atoms with Crippen molar-refractivity contribution >= 4 is 5.69 Å². The van der Waals surface area contributed by atoms with Gasteiger partial charge in [-0.2, -0.15) is 0 Å². The lowest BCUT2D eigenvalue weighted by Gasteiger charge is -2.37. The van der Waals surface area contributed by atoms with Gasteiger partial charge in [0.25, 0.3) is 0 Å². The number of hydrogen-bond acceptors (Lipinski definition) is 2. The van der Waals surface area contributed by atoms with E-state index in [1.54, 1.807) is 0 Å². The van der Waals surface area contributed by atoms with E-state index >= 15 is 0 Å². The second-order valence-corrected chi connectivity index (χ2v) is 5.06. The summed E-state index contributed by atoms with van der Waals surface area (Å²) in [5.74, 6) is 0. The molecule has 0 saturated heterocycles. The molecule has 1 atom stereocenters. The van der Waals surface area contributed by atoms with Gasteiger partial charge >= 0.3 is 0 Å². The van der Waals surface area contributed by atoms with E-state index in [0.717, 1.165) is 13.0 Å². The van der Waals surface area contributed by atoms with Crippen LogP contribution in [0.3, 0.4) is 0 Å². The smallest absolute Gasteiger partial charge is 0.0401 e. The van der Waals surface area contributed by atoms with Crippen LogP contribution in [0.1, 0.15) is 38.2 Å². The van der Waals surface area contributed by atoms with Crippen molar-refractivity contribution in [3.05, 3.63) is 29.8 Å². The van der Waals surface area contributed by atoms with Crippen LogP contribution >= 0.6 is 0 Å². The van der Waals surface area contributed by atoms with Gasteiger partial charge in [0.15, 0.2) is 0 Å². The second kappa shape index (κ2) is 6.06. The highest BCUT2D eigenvalue weighted by Crippen LogP contribution is 2.30. The molecule has 0 saturated carbocycles. The fraction of sp³-hybridized carbons (Fsp3) is 0.600. The van der Waals surface area contributed by atoms with Crippen molar-refractivity contribution < 1.29 is 0 Å². The predicted molar refractivity (Wildman–Crippen MR) is 74.5 cm³/mol. The molecule has 0 aromatic heterocycles. The first kappa shape index (κ1) is 12.4. The molecule has 1 aliphatic rings. The molecule has 17 heavy (non-hydrogen) atoms. The highest BCUT2D eigenvalue weighted by molar-refractivity contribution is 5.56. The monoisotopic (exact) mass is 232 g/mol. The third kappa shape index (κ3) is 3.01. The summed E-state index contributed by atoms with van der Waals surface area (Å²) in [6.07, 6.45) is 6.19. The average Bonchev–Trinajstić information content (AvgIpc) is 2.37. The minimum absolute atomic E-state index is 0.683. The third-order valence-corrected chi connectivity index (χ3v) is 3.77. The lowest BCUT2D eigenvalue weighted by molar-refractivity contribution is 0.541. The molecule has 1 aromatic rings. The van der Waals surface area contributed by atoms with Crippen molar-refractivity contribution in [1.82, 2.24) is 0 Å². The van der Waals surface area contributed by atoms with E-state index in [1.165, 1.54) is 43.5 Å². The summed E-state index contributed by atoms with van der Waals surface area (Å²) in [5.41, 5.74) is 8.51. The third-order valence-electron chi connectivity index (χ3n) is 3.77. The fourth-order valence-corrected chi connectivity index (χ4v) is 2.70. The maximum Gasteiger partial charge on any atom is 0.0401 e. The molecule has 0 amide bonds. The SMILES string of the molecule is CC1CCc2ccccc2N1CCCCCN. The molecule has 2 heteroatoms. The van der Waals surface area contributed by atoms with E-state index in [2.05, 4.69) is 36.1 Å². The van der Waals surface area contributed by atoms with Gasteiger partial charge in [0, 0.05) is 18.3 Å². The van der Waals surface area contributed by atoms with Gasteiger partial charge in [0.2, 0.25) is 0 Å². The highest BCUT2D eigenvalue weighted by Gasteiger charge is 2.21. The van der Waals surface area contributed by atoms with Crippen LogP contribution in [0.5, 0.6) is 0 Å². The predicted octanol–water partition coefficient (Wildman–Crippen LogP) is 2.96. The number of unbranched alkanes of at least 4 members (excludes halogenated alkanes) is 2. The van der Waals surface area contributed by atoms with Crippen molar-refractivity contribution in [3.8, 4) is 0 Å². The summed E-state index contributed by atoms with van der Waals surface area (Å²) in [6.45, 7) is 4.35. The highest BCUT2D eigenvalue weighted by atomic mass is 15.2. The van der Waals surface area contributed by atoms with Crippen LogP contribution in [0, 0.1) is 0 Å². The molecular weight excluding hydrogens is 208 g/mol. The lowest BCUT2D eigenvalue weighted by atomic mass is 9.96. The van der Waals surface area contributed by atoms with E-state index in [9.17, 15) is 0 Å². The molecule has 1 aliphatic heterocycles. The fourth-order valence-electron chi connectivity index (χ4n) is 2.70. The zero-order chi connectivity index (χ0) is 12.1. The molecule has 94 valence electrons. The van der Waals surface area contributed by atoms with Crippen LogP contribution in [0.25, 0.3) is 0 Å². The average molecular weight is 232 g/mol. The van der Waals surface area contributed by atoms with Gasteiger partial charge in [-0.05, 0) is 50.8 Å². The number of aryl methyl sites for hydroxylation is 1. The Labute approximate surface area is 105 Å². The number of nitrogens with two attached hydrogens (primary N) is 1. The first-order valence-electron chi connectivity index (χ1n) is 6.87. The van der Waals surface area contributed by atoms with Crippen LogP contribution in [-0.4, -0.2) is 19.1 Å². The Hall–Kier alpha value is -1.02. The summed E-state index contributed by atoms with van der Waals surface area (Å²) in [4.78, 5) is 2.58. The minimum Gasteiger partial charge on any atom is -0.369 e. The zero-order valence-electron chi connectivity index (χ0n) is 10.9. The number of rotatable bonds is 5. The normalized spacial score (nSPS) is 19.2. The Morgan fingerprint density at radius 2 is 2.06 bits per heavy atom. The minimum atomic E-state index is 0.683. The number of anilines is 1. The standard InChI is InChI=1S/C15H24N2/c1-13-9-10-14-7-3-4-8-15(14)17(13)12-6-2-5-11-16/h3-4,7-8,13H,2,5-6,9-12,16H2,1H3. The molecule has 2 rings (SSSR count). The molecule has 0 radical (unpaired) electrons. The van der Waals surface area contributed by atoms with Crippen LogP contribution in [0.2, 0.25) is 0 Å². The van der Waals surface area contributed by atoms with Crippen molar-refractivity contribution in [3.63, 3.8) is 0 Å². The Kier molecular flexibility index (Phi) is 4.43. The second-order valence-electron chi connectivity index (χ2n) is 5.06. The summed E-state index contributed by atoms with van der Waals surface area (Å²) in [7, 11) is 0. The Morgan fingerprint density at radius 1 is 1.24 bits per heavy atom. The van der Waals surface area contributed by atoms with E-state index in [1.807, 2.05) is 0 Å². The van der Waals surface area contributed by atoms with E-state index < -0.39 is 0 Å². The Bertz CT molecular complexity index is 349. The van der Waals surface area contributed by atoms with Gasteiger partial charge in [-0.3, -0.25) is 0 Å². The zero-order valence-corrected chi connectivity index (χ0v) is 10.9. The van der Waals surface area contributed by atoms with Gasteiger partial charge in [-0.15, -0.1) is 0 Å². The number of benzene rings is 1. The van der Waals surface area contributed by atoms with Gasteiger partial charge in [-0.1, -0.05) is 24.6 Å². The first-order valence-corrected chi connectivity index (χ1v) is 6.87. The van der Waals surface area contributed by atoms with Gasteiger partial charge < -0.3 is 10.6 Å². The molecule has 0 bridgehead atoms. The molecule has 2 nitrogen and oxygen atoms in total. The number of fused-ring (bicyclic) bond motifs is 1. The number of para-hydroxylation sites is 1. The van der Waals surface area contributed by atoms with E-state index in [0.29, 0.717) is 6.04 Å². The van der Waals surface area contributed by atoms with E-state index in [4.69, 9.17) is 5.73 Å². The van der Waals surface area contributed by atoms with Crippen molar-refractivity contribution in [2.24, 2.45) is 5.73 Å². The summed E-state index contributed by atoms with van der Waals surface area (Å²) in [5, 5.41) is 0. The van der Waals surface area contributed by atoms with Crippen LogP contribution in [-0.2, 0) is 6.42 Å². The molecule has 1 heterocycles. The first-order chi connectivity index (χ1) is 8.33. The summed E-state index contributed by atoms with van der Waals surface area (Å²) >= 11 is 0. The van der Waals surface area contributed by atoms with Crippen molar-refractivity contribution in [2.75, 3.05) is 18.0 Å². The van der Waals surface area contributed by atoms with Crippen molar-refractivity contribution in [1.29, 1.82) is 0 Å². The van der Waals surface area contributed by atoms with Crippen LogP contribution in [0.15, 0.2) is 24.3 Å². The molecule has 0 fully saturated rings. The molecule has 0 aliphatic carbocycles. The maximum absolute atomic E-state index is 5.54. The largest absolute Gasteiger partial charge is 0.369 e. The Morgan fingerprint density at radius 3 is 2.88 bits per heavy atom. The summed E-state index contributed by atoms with van der Waals surface area (Å²) < 4.78 is 0. The van der Waals surface area contributed by atoms with E-state index in [-0.39, 0.29) is 0 Å². The van der Waals surface area contributed by atoms with Gasteiger partial charge in [0.1, 0.15) is 0 Å². The van der Waals surface area contributed by atoms with Crippen LogP contribution < -0.4 is 10.6 Å². The molecule has 2 N–H and O–H groups in total. The maximum atomic E-state index is 5.54. The molecular formula is C15H24N2. The van der Waals surface area contributed by atoms with Crippen molar-refractivity contribution in [2.45, 2.75) is 45.1 Å². The lowest BCUT2D eigenvalue weighted by Crippen LogP contribution is -2.38. The molecule has 0 spiro atoms.